The van der Waals surface area contributed by atoms with Gasteiger partial charge in [-0.3, -0.25) is 4.79 Å². The Hall–Kier alpha value is -1.48. The van der Waals surface area contributed by atoms with Gasteiger partial charge in [-0.15, -0.1) is 0 Å². The summed E-state index contributed by atoms with van der Waals surface area (Å²) in [6.07, 6.45) is 0.461. The first kappa shape index (κ1) is 10.1. The number of nitrogens with zero attached hydrogens (tertiary/aromatic N) is 1. The highest BCUT2D eigenvalue weighted by molar-refractivity contribution is 7.08. The number of ketones is 1. The van der Waals surface area contributed by atoms with Crippen LogP contribution in [0.15, 0.2) is 36.4 Å². The fourth-order valence-electron chi connectivity index (χ4n) is 1.36. The van der Waals surface area contributed by atoms with Crippen LogP contribution in [0.3, 0.4) is 0 Å². The SMILES string of the molecule is Cc1cc(C(=O)Cc2ccccc2)sn1. The molecule has 0 radical (unpaired) electrons. The van der Waals surface area contributed by atoms with Crippen molar-refractivity contribution in [3.63, 3.8) is 0 Å². The van der Waals surface area contributed by atoms with Crippen molar-refractivity contribution in [2.24, 2.45) is 0 Å². The maximum absolute atomic E-state index is 11.8. The van der Waals surface area contributed by atoms with E-state index in [1.54, 1.807) is 0 Å². The van der Waals surface area contributed by atoms with Gasteiger partial charge in [-0.25, -0.2) is 0 Å². The molecule has 0 aliphatic carbocycles. The Kier molecular flexibility index (Phi) is 2.92. The van der Waals surface area contributed by atoms with Gasteiger partial charge in [0, 0.05) is 6.42 Å². The lowest BCUT2D eigenvalue weighted by molar-refractivity contribution is 0.0997. The van der Waals surface area contributed by atoms with Gasteiger partial charge in [-0.2, -0.15) is 4.37 Å². The average Bonchev–Trinajstić information content (AvgIpc) is 2.66. The largest absolute Gasteiger partial charge is 0.293 e. The Morgan fingerprint density at radius 1 is 1.33 bits per heavy atom. The third-order valence-electron chi connectivity index (χ3n) is 2.11. The Balaban J connectivity index is 2.11. The molecule has 0 saturated carbocycles. The van der Waals surface area contributed by atoms with Crippen LogP contribution in [-0.2, 0) is 6.42 Å². The van der Waals surface area contributed by atoms with E-state index in [1.165, 1.54) is 11.5 Å². The van der Waals surface area contributed by atoms with E-state index >= 15 is 0 Å². The minimum atomic E-state index is 0.145. The Morgan fingerprint density at radius 2 is 2.07 bits per heavy atom. The van der Waals surface area contributed by atoms with Gasteiger partial charge in [0.2, 0.25) is 0 Å². The monoisotopic (exact) mass is 217 g/mol. The van der Waals surface area contributed by atoms with Gasteiger partial charge in [0.05, 0.1) is 10.6 Å². The van der Waals surface area contributed by atoms with Crippen molar-refractivity contribution < 1.29 is 4.79 Å². The van der Waals surface area contributed by atoms with Gasteiger partial charge >= 0.3 is 0 Å². The summed E-state index contributed by atoms with van der Waals surface area (Å²) in [5.74, 6) is 0.145. The zero-order chi connectivity index (χ0) is 10.7. The molecule has 0 bridgehead atoms. The van der Waals surface area contributed by atoms with Crippen molar-refractivity contribution >= 4 is 17.3 Å². The summed E-state index contributed by atoms with van der Waals surface area (Å²) in [6.45, 7) is 1.90. The molecule has 0 saturated heterocycles. The lowest BCUT2D eigenvalue weighted by Gasteiger charge is -1.97. The molecule has 0 fully saturated rings. The number of aryl methyl sites for hydroxylation is 1. The molecule has 0 unspecified atom stereocenters. The summed E-state index contributed by atoms with van der Waals surface area (Å²) in [5.41, 5.74) is 1.96. The number of Topliss-reactive ketones (excluding diaryl/α,β-unsaturated/α-hetero) is 1. The molecule has 2 nitrogen and oxygen atoms in total. The van der Waals surface area contributed by atoms with Gasteiger partial charge in [-0.05, 0) is 30.1 Å². The second-order valence-electron chi connectivity index (χ2n) is 3.42. The van der Waals surface area contributed by atoms with Crippen molar-refractivity contribution in [3.05, 3.63) is 52.5 Å². The minimum Gasteiger partial charge on any atom is -0.293 e. The lowest BCUT2D eigenvalue weighted by Crippen LogP contribution is -2.00. The van der Waals surface area contributed by atoms with E-state index in [0.29, 0.717) is 6.42 Å². The van der Waals surface area contributed by atoms with Crippen LogP contribution in [0.5, 0.6) is 0 Å². The zero-order valence-corrected chi connectivity index (χ0v) is 9.25. The number of aromatic nitrogens is 1. The fourth-order valence-corrected chi connectivity index (χ4v) is 2.06. The molecule has 0 atom stereocenters. The Bertz CT molecular complexity index is 461. The highest BCUT2D eigenvalue weighted by Gasteiger charge is 2.09. The molecule has 0 N–H and O–H groups in total. The first-order valence-electron chi connectivity index (χ1n) is 4.76. The summed E-state index contributed by atoms with van der Waals surface area (Å²) in [4.78, 5) is 12.5. The molecule has 1 aromatic heterocycles. The molecule has 0 amide bonds. The highest BCUT2D eigenvalue weighted by atomic mass is 32.1. The second-order valence-corrected chi connectivity index (χ2v) is 4.22. The summed E-state index contributed by atoms with van der Waals surface area (Å²) in [6, 6.07) is 11.6. The maximum atomic E-state index is 11.8. The third kappa shape index (κ3) is 2.50. The number of rotatable bonds is 3. The van der Waals surface area contributed by atoms with Crippen LogP contribution < -0.4 is 0 Å². The Labute approximate surface area is 92.7 Å². The normalized spacial score (nSPS) is 10.2. The molecule has 0 aliphatic rings. The Morgan fingerprint density at radius 3 is 2.67 bits per heavy atom. The number of benzene rings is 1. The van der Waals surface area contributed by atoms with E-state index in [2.05, 4.69) is 4.37 Å². The number of hydrogen-bond donors (Lipinski definition) is 0. The average molecular weight is 217 g/mol. The molecular weight excluding hydrogens is 206 g/mol. The van der Waals surface area contributed by atoms with E-state index in [-0.39, 0.29) is 5.78 Å². The molecule has 2 aromatic rings. The summed E-state index contributed by atoms with van der Waals surface area (Å²) >= 11 is 1.28. The van der Waals surface area contributed by atoms with E-state index in [4.69, 9.17) is 0 Å². The number of hydrogen-bond acceptors (Lipinski definition) is 3. The van der Waals surface area contributed by atoms with Crippen molar-refractivity contribution in [1.82, 2.24) is 4.37 Å². The van der Waals surface area contributed by atoms with Crippen molar-refractivity contribution in [1.29, 1.82) is 0 Å². The van der Waals surface area contributed by atoms with Gasteiger partial charge in [0.1, 0.15) is 0 Å². The maximum Gasteiger partial charge on any atom is 0.178 e. The van der Waals surface area contributed by atoms with Crippen LogP contribution in [0.1, 0.15) is 20.9 Å². The fraction of sp³-hybridized carbons (Fsp3) is 0.167. The van der Waals surface area contributed by atoms with Crippen LogP contribution in [0.4, 0.5) is 0 Å². The molecule has 1 aromatic carbocycles. The van der Waals surface area contributed by atoms with Gasteiger partial charge < -0.3 is 0 Å². The van der Waals surface area contributed by atoms with Crippen molar-refractivity contribution in [3.8, 4) is 0 Å². The standard InChI is InChI=1S/C12H11NOS/c1-9-7-12(15-13-9)11(14)8-10-5-3-2-4-6-10/h2-7H,8H2,1H3. The number of carbonyl (C=O) groups excluding carboxylic acids is 1. The molecule has 2 rings (SSSR count). The molecule has 3 heteroatoms. The van der Waals surface area contributed by atoms with Crippen molar-refractivity contribution in [2.45, 2.75) is 13.3 Å². The first-order valence-corrected chi connectivity index (χ1v) is 5.53. The summed E-state index contributed by atoms with van der Waals surface area (Å²) < 4.78 is 4.10. The van der Waals surface area contributed by atoms with Gasteiger partial charge in [-0.1, -0.05) is 30.3 Å². The quantitative estimate of drug-likeness (QED) is 0.740. The topological polar surface area (TPSA) is 30.0 Å². The smallest absolute Gasteiger partial charge is 0.178 e. The third-order valence-corrected chi connectivity index (χ3v) is 3.03. The first-order chi connectivity index (χ1) is 7.25. The van der Waals surface area contributed by atoms with Gasteiger partial charge in [0.25, 0.3) is 0 Å². The molecular formula is C12H11NOS. The van der Waals surface area contributed by atoms with E-state index in [9.17, 15) is 4.79 Å². The van der Waals surface area contributed by atoms with E-state index in [0.717, 1.165) is 16.1 Å². The molecule has 0 spiro atoms. The lowest BCUT2D eigenvalue weighted by atomic mass is 10.1. The zero-order valence-electron chi connectivity index (χ0n) is 8.43. The van der Waals surface area contributed by atoms with Crippen molar-refractivity contribution in [2.75, 3.05) is 0 Å². The van der Waals surface area contributed by atoms with E-state index < -0.39 is 0 Å². The van der Waals surface area contributed by atoms with Crippen LogP contribution >= 0.6 is 11.5 Å². The minimum absolute atomic E-state index is 0.145. The number of carbonyl (C=O) groups is 1. The van der Waals surface area contributed by atoms with Gasteiger partial charge in [0.15, 0.2) is 5.78 Å². The van der Waals surface area contributed by atoms with Crippen LogP contribution in [0.25, 0.3) is 0 Å². The van der Waals surface area contributed by atoms with Crippen LogP contribution in [-0.4, -0.2) is 10.2 Å². The highest BCUT2D eigenvalue weighted by Crippen LogP contribution is 2.13. The van der Waals surface area contributed by atoms with Crippen LogP contribution in [0.2, 0.25) is 0 Å². The van der Waals surface area contributed by atoms with E-state index in [1.807, 2.05) is 43.3 Å². The molecule has 76 valence electrons. The summed E-state index contributed by atoms with van der Waals surface area (Å²) in [7, 11) is 0. The van der Waals surface area contributed by atoms with Crippen LogP contribution in [0, 0.1) is 6.92 Å². The molecule has 1 heterocycles. The predicted octanol–water partition coefficient (Wildman–Crippen LogP) is 2.88. The second kappa shape index (κ2) is 4.36. The molecule has 0 aliphatic heterocycles. The predicted molar refractivity (Wildman–Crippen MR) is 61.3 cm³/mol. The summed E-state index contributed by atoms with van der Waals surface area (Å²) in [5, 5.41) is 0. The molecule has 15 heavy (non-hydrogen) atoms.